The Hall–Kier alpha value is -2.42. The molecule has 106 valence electrons. The molecule has 1 N–H and O–H groups in total. The first kappa shape index (κ1) is 13.6. The van der Waals surface area contributed by atoms with Crippen molar-refractivity contribution in [2.45, 2.75) is 20.8 Å². The quantitative estimate of drug-likeness (QED) is 0.760. The molecular weight excluding hydrogens is 258 g/mol. The molecule has 0 aliphatic rings. The molecule has 0 radical (unpaired) electrons. The number of fused-ring (bicyclic) bond motifs is 1. The Morgan fingerprint density at radius 2 is 1.62 bits per heavy atom. The van der Waals surface area contributed by atoms with Gasteiger partial charge in [0.15, 0.2) is 5.82 Å². The highest BCUT2D eigenvalue weighted by Crippen LogP contribution is 2.29. The van der Waals surface area contributed by atoms with Crippen LogP contribution in [0.5, 0.6) is 0 Å². The largest absolute Gasteiger partial charge is 0.373 e. The highest BCUT2D eigenvalue weighted by molar-refractivity contribution is 5.91. The van der Waals surface area contributed by atoms with E-state index in [1.807, 2.05) is 7.05 Å². The monoisotopic (exact) mass is 277 g/mol. The SMILES string of the molecule is CNc1nc(-c2c(C)cccc2C)nc2ccc(C)cc12. The van der Waals surface area contributed by atoms with Crippen LogP contribution in [0.25, 0.3) is 22.3 Å². The molecule has 0 unspecified atom stereocenters. The van der Waals surface area contributed by atoms with E-state index in [0.29, 0.717) is 0 Å². The van der Waals surface area contributed by atoms with E-state index >= 15 is 0 Å². The lowest BCUT2D eigenvalue weighted by atomic mass is 10.0. The minimum absolute atomic E-state index is 0.784. The van der Waals surface area contributed by atoms with Crippen molar-refractivity contribution in [2.24, 2.45) is 0 Å². The predicted octanol–water partition coefficient (Wildman–Crippen LogP) is 4.26. The van der Waals surface area contributed by atoms with E-state index in [0.717, 1.165) is 28.1 Å². The molecule has 0 bridgehead atoms. The molecule has 0 atom stereocenters. The van der Waals surface area contributed by atoms with Crippen LogP contribution in [0, 0.1) is 20.8 Å². The standard InChI is InChI=1S/C18H19N3/c1-11-8-9-15-14(10-11)17(19-4)21-18(20-15)16-12(2)6-5-7-13(16)3/h5-10H,1-4H3,(H,19,20,21). The van der Waals surface area contributed by atoms with Crippen LogP contribution in [0.2, 0.25) is 0 Å². The lowest BCUT2D eigenvalue weighted by molar-refractivity contribution is 1.19. The summed E-state index contributed by atoms with van der Waals surface area (Å²) in [4.78, 5) is 9.50. The Morgan fingerprint density at radius 1 is 0.905 bits per heavy atom. The molecule has 0 aliphatic carbocycles. The zero-order chi connectivity index (χ0) is 15.0. The average molecular weight is 277 g/mol. The molecular formula is C18H19N3. The van der Waals surface area contributed by atoms with Crippen molar-refractivity contribution in [1.29, 1.82) is 0 Å². The predicted molar refractivity (Wildman–Crippen MR) is 88.7 cm³/mol. The van der Waals surface area contributed by atoms with Crippen molar-refractivity contribution in [3.8, 4) is 11.4 Å². The van der Waals surface area contributed by atoms with Crippen molar-refractivity contribution >= 4 is 16.7 Å². The third-order valence-electron chi connectivity index (χ3n) is 3.79. The zero-order valence-electron chi connectivity index (χ0n) is 12.9. The second-order valence-electron chi connectivity index (χ2n) is 5.43. The van der Waals surface area contributed by atoms with E-state index in [4.69, 9.17) is 9.97 Å². The summed E-state index contributed by atoms with van der Waals surface area (Å²) >= 11 is 0. The normalized spacial score (nSPS) is 10.9. The van der Waals surface area contributed by atoms with Crippen molar-refractivity contribution in [1.82, 2.24) is 9.97 Å². The van der Waals surface area contributed by atoms with Crippen molar-refractivity contribution in [3.63, 3.8) is 0 Å². The first-order valence-corrected chi connectivity index (χ1v) is 7.13. The Balaban J connectivity index is 2.32. The van der Waals surface area contributed by atoms with Crippen LogP contribution < -0.4 is 5.32 Å². The highest BCUT2D eigenvalue weighted by atomic mass is 15.0. The maximum atomic E-state index is 4.77. The summed E-state index contributed by atoms with van der Waals surface area (Å²) in [5.74, 6) is 1.66. The van der Waals surface area contributed by atoms with Gasteiger partial charge in [0.05, 0.1) is 5.52 Å². The molecule has 0 saturated carbocycles. The number of nitrogens with one attached hydrogen (secondary N) is 1. The molecule has 0 spiro atoms. The second-order valence-corrected chi connectivity index (χ2v) is 5.43. The van der Waals surface area contributed by atoms with Gasteiger partial charge in [-0.05, 0) is 44.0 Å². The molecule has 0 aliphatic heterocycles. The number of hydrogen-bond acceptors (Lipinski definition) is 3. The van der Waals surface area contributed by atoms with Crippen molar-refractivity contribution in [3.05, 3.63) is 53.1 Å². The van der Waals surface area contributed by atoms with Crippen LogP contribution in [0.1, 0.15) is 16.7 Å². The second kappa shape index (κ2) is 5.17. The molecule has 3 rings (SSSR count). The Bertz CT molecular complexity index is 802. The first-order chi connectivity index (χ1) is 10.1. The lowest BCUT2D eigenvalue weighted by Crippen LogP contribution is -2.01. The number of hydrogen-bond donors (Lipinski definition) is 1. The smallest absolute Gasteiger partial charge is 0.162 e. The van der Waals surface area contributed by atoms with Gasteiger partial charge in [0, 0.05) is 18.0 Å². The number of aryl methyl sites for hydroxylation is 3. The number of rotatable bonds is 2. The molecule has 0 amide bonds. The first-order valence-electron chi connectivity index (χ1n) is 7.13. The Morgan fingerprint density at radius 3 is 2.29 bits per heavy atom. The van der Waals surface area contributed by atoms with E-state index in [2.05, 4.69) is 62.5 Å². The number of anilines is 1. The fourth-order valence-electron chi connectivity index (χ4n) is 2.71. The molecule has 3 nitrogen and oxygen atoms in total. The summed E-state index contributed by atoms with van der Waals surface area (Å²) in [5, 5.41) is 4.26. The third kappa shape index (κ3) is 2.35. The van der Waals surface area contributed by atoms with Crippen LogP contribution >= 0.6 is 0 Å². The topological polar surface area (TPSA) is 37.8 Å². The van der Waals surface area contributed by atoms with Crippen LogP contribution in [0.4, 0.5) is 5.82 Å². The molecule has 3 aromatic rings. The zero-order valence-corrected chi connectivity index (χ0v) is 12.9. The van der Waals surface area contributed by atoms with Gasteiger partial charge in [-0.25, -0.2) is 9.97 Å². The molecule has 1 heterocycles. The van der Waals surface area contributed by atoms with Gasteiger partial charge in [-0.1, -0.05) is 29.8 Å². The maximum absolute atomic E-state index is 4.77. The van der Waals surface area contributed by atoms with Gasteiger partial charge >= 0.3 is 0 Å². The van der Waals surface area contributed by atoms with Crippen molar-refractivity contribution in [2.75, 3.05) is 12.4 Å². The van der Waals surface area contributed by atoms with E-state index < -0.39 is 0 Å². The summed E-state index contributed by atoms with van der Waals surface area (Å²) in [6, 6.07) is 12.5. The van der Waals surface area contributed by atoms with Crippen LogP contribution in [-0.4, -0.2) is 17.0 Å². The van der Waals surface area contributed by atoms with E-state index in [1.54, 1.807) is 0 Å². The van der Waals surface area contributed by atoms with Gasteiger partial charge in [-0.15, -0.1) is 0 Å². The number of benzene rings is 2. The molecule has 21 heavy (non-hydrogen) atoms. The fraction of sp³-hybridized carbons (Fsp3) is 0.222. The third-order valence-corrected chi connectivity index (χ3v) is 3.79. The molecule has 0 saturated heterocycles. The summed E-state index contributed by atoms with van der Waals surface area (Å²) in [7, 11) is 1.90. The van der Waals surface area contributed by atoms with Gasteiger partial charge in [0.25, 0.3) is 0 Å². The average Bonchev–Trinajstić information content (AvgIpc) is 2.46. The number of nitrogens with zero attached hydrogens (tertiary/aromatic N) is 2. The molecule has 2 aromatic carbocycles. The molecule has 3 heteroatoms. The van der Waals surface area contributed by atoms with Gasteiger partial charge in [-0.2, -0.15) is 0 Å². The van der Waals surface area contributed by atoms with E-state index in [1.165, 1.54) is 16.7 Å². The van der Waals surface area contributed by atoms with Gasteiger partial charge in [0.2, 0.25) is 0 Å². The van der Waals surface area contributed by atoms with Gasteiger partial charge < -0.3 is 5.32 Å². The summed E-state index contributed by atoms with van der Waals surface area (Å²) in [5.41, 5.74) is 5.70. The van der Waals surface area contributed by atoms with Gasteiger partial charge in [0.1, 0.15) is 5.82 Å². The molecule has 0 fully saturated rings. The summed E-state index contributed by atoms with van der Waals surface area (Å²) < 4.78 is 0. The fourth-order valence-corrected chi connectivity index (χ4v) is 2.71. The minimum atomic E-state index is 0.784. The van der Waals surface area contributed by atoms with Crippen LogP contribution in [0.15, 0.2) is 36.4 Å². The van der Waals surface area contributed by atoms with E-state index in [9.17, 15) is 0 Å². The minimum Gasteiger partial charge on any atom is -0.373 e. The van der Waals surface area contributed by atoms with E-state index in [-0.39, 0.29) is 0 Å². The lowest BCUT2D eigenvalue weighted by Gasteiger charge is -2.12. The summed E-state index contributed by atoms with van der Waals surface area (Å²) in [6.45, 7) is 6.28. The van der Waals surface area contributed by atoms with Crippen LogP contribution in [-0.2, 0) is 0 Å². The number of aromatic nitrogens is 2. The summed E-state index contributed by atoms with van der Waals surface area (Å²) in [6.07, 6.45) is 0. The van der Waals surface area contributed by atoms with Crippen LogP contribution in [0.3, 0.4) is 0 Å². The van der Waals surface area contributed by atoms with Crippen molar-refractivity contribution < 1.29 is 0 Å². The highest BCUT2D eigenvalue weighted by Gasteiger charge is 2.12. The maximum Gasteiger partial charge on any atom is 0.162 e. The molecule has 1 aromatic heterocycles. The Labute approximate surface area is 125 Å². The Kier molecular flexibility index (Phi) is 3.34. The van der Waals surface area contributed by atoms with Gasteiger partial charge in [-0.3, -0.25) is 0 Å².